The molecule has 2 heterocycles. The molecule has 0 aromatic carbocycles. The van der Waals surface area contributed by atoms with Crippen molar-refractivity contribution in [3.8, 4) is 0 Å². The molecule has 110 valence electrons. The van der Waals surface area contributed by atoms with Gasteiger partial charge in [0, 0.05) is 37.3 Å². The molecule has 1 aromatic heterocycles. The maximum Gasteiger partial charge on any atom is 0.271 e. The van der Waals surface area contributed by atoms with E-state index in [1.165, 1.54) is 12.8 Å². The highest BCUT2D eigenvalue weighted by Gasteiger charge is 2.26. The van der Waals surface area contributed by atoms with Crippen molar-refractivity contribution in [3.63, 3.8) is 0 Å². The molecular weight excluding hydrogens is 256 g/mol. The Morgan fingerprint density at radius 2 is 2.30 bits per heavy atom. The van der Waals surface area contributed by atoms with Crippen LogP contribution in [0, 0.1) is 0 Å². The number of aromatic amines is 1. The topological polar surface area (TPSA) is 70.2 Å². The number of nitrogens with zero attached hydrogens (tertiary/aromatic N) is 2. The molecule has 0 unspecified atom stereocenters. The average Bonchev–Trinajstić information content (AvgIpc) is 3.22. The number of rotatable bonds is 5. The minimum atomic E-state index is -0.0896. The number of amides is 1. The fourth-order valence-corrected chi connectivity index (χ4v) is 2.53. The van der Waals surface area contributed by atoms with Crippen molar-refractivity contribution < 1.29 is 9.53 Å². The molecule has 1 amide bonds. The van der Waals surface area contributed by atoms with E-state index >= 15 is 0 Å². The van der Waals surface area contributed by atoms with Crippen molar-refractivity contribution in [1.29, 1.82) is 0 Å². The van der Waals surface area contributed by atoms with E-state index in [0.29, 0.717) is 24.2 Å². The fraction of sp³-hybridized carbons (Fsp3) is 0.714. The number of nitrogens with one attached hydrogen (secondary N) is 2. The summed E-state index contributed by atoms with van der Waals surface area (Å²) in [6.07, 6.45) is 2.41. The van der Waals surface area contributed by atoms with Crippen LogP contribution in [0.5, 0.6) is 0 Å². The van der Waals surface area contributed by atoms with Crippen LogP contribution in [0.3, 0.4) is 0 Å². The quantitative estimate of drug-likeness (QED) is 0.833. The van der Waals surface area contributed by atoms with Gasteiger partial charge in [0.25, 0.3) is 5.91 Å². The molecule has 0 radical (unpaired) electrons. The number of hydrogen-bond acceptors (Lipinski definition) is 4. The molecule has 2 aliphatic rings. The fourth-order valence-electron chi connectivity index (χ4n) is 2.53. The molecule has 3 rings (SSSR count). The molecular formula is C14H22N4O2. The van der Waals surface area contributed by atoms with Gasteiger partial charge in [-0.05, 0) is 25.8 Å². The van der Waals surface area contributed by atoms with Gasteiger partial charge in [-0.2, -0.15) is 5.10 Å². The van der Waals surface area contributed by atoms with Gasteiger partial charge >= 0.3 is 0 Å². The highest BCUT2D eigenvalue weighted by Crippen LogP contribution is 2.38. The van der Waals surface area contributed by atoms with Gasteiger partial charge < -0.3 is 10.1 Å². The first-order valence-electron chi connectivity index (χ1n) is 7.39. The van der Waals surface area contributed by atoms with Gasteiger partial charge in [0.05, 0.1) is 13.2 Å². The van der Waals surface area contributed by atoms with E-state index in [9.17, 15) is 4.79 Å². The van der Waals surface area contributed by atoms with Crippen LogP contribution < -0.4 is 5.32 Å². The summed E-state index contributed by atoms with van der Waals surface area (Å²) in [7, 11) is 0. The molecule has 1 atom stereocenters. The molecule has 1 saturated carbocycles. The van der Waals surface area contributed by atoms with Crippen molar-refractivity contribution >= 4 is 5.91 Å². The Balaban J connectivity index is 1.47. The van der Waals surface area contributed by atoms with Crippen molar-refractivity contribution in [3.05, 3.63) is 17.5 Å². The average molecular weight is 278 g/mol. The summed E-state index contributed by atoms with van der Waals surface area (Å²) in [6, 6.07) is 2.21. The van der Waals surface area contributed by atoms with Crippen LogP contribution >= 0.6 is 0 Å². The van der Waals surface area contributed by atoms with Gasteiger partial charge in [0.1, 0.15) is 5.69 Å². The van der Waals surface area contributed by atoms with Gasteiger partial charge in [0.2, 0.25) is 0 Å². The second-order valence-corrected chi connectivity index (χ2v) is 5.69. The van der Waals surface area contributed by atoms with Crippen LogP contribution in [-0.4, -0.2) is 59.9 Å². The number of morpholine rings is 1. The predicted octanol–water partition coefficient (Wildman–Crippen LogP) is 0.738. The van der Waals surface area contributed by atoms with Gasteiger partial charge in [-0.25, -0.2) is 0 Å². The number of carbonyl (C=O) groups excluding carboxylic acids is 1. The SMILES string of the molecule is C[C@H](CNC(=O)c1cc(C2CC2)[nH]n1)N1CCOCC1. The first-order chi connectivity index (χ1) is 9.74. The van der Waals surface area contributed by atoms with E-state index < -0.39 is 0 Å². The lowest BCUT2D eigenvalue weighted by atomic mass is 10.2. The molecule has 2 N–H and O–H groups in total. The molecule has 20 heavy (non-hydrogen) atoms. The van der Waals surface area contributed by atoms with E-state index in [-0.39, 0.29) is 5.91 Å². The summed E-state index contributed by atoms with van der Waals surface area (Å²) in [5.74, 6) is 0.504. The smallest absolute Gasteiger partial charge is 0.271 e. The normalized spacial score (nSPS) is 21.6. The summed E-state index contributed by atoms with van der Waals surface area (Å²) in [5.41, 5.74) is 1.59. The van der Waals surface area contributed by atoms with Gasteiger partial charge in [-0.15, -0.1) is 0 Å². The zero-order valence-corrected chi connectivity index (χ0v) is 11.9. The summed E-state index contributed by atoms with van der Waals surface area (Å²) < 4.78 is 5.33. The van der Waals surface area contributed by atoms with Gasteiger partial charge in [0.15, 0.2) is 0 Å². The summed E-state index contributed by atoms with van der Waals surface area (Å²) in [4.78, 5) is 14.4. The van der Waals surface area contributed by atoms with Crippen LogP contribution in [0.25, 0.3) is 0 Å². The number of ether oxygens (including phenoxy) is 1. The minimum Gasteiger partial charge on any atom is -0.379 e. The minimum absolute atomic E-state index is 0.0896. The Morgan fingerprint density at radius 3 is 3.00 bits per heavy atom. The van der Waals surface area contributed by atoms with Crippen LogP contribution in [0.4, 0.5) is 0 Å². The third kappa shape index (κ3) is 3.19. The zero-order chi connectivity index (χ0) is 13.9. The van der Waals surface area contributed by atoms with Crippen LogP contribution in [0.2, 0.25) is 0 Å². The van der Waals surface area contributed by atoms with E-state index in [2.05, 4.69) is 27.3 Å². The molecule has 1 aliphatic heterocycles. The van der Waals surface area contributed by atoms with Crippen molar-refractivity contribution in [1.82, 2.24) is 20.4 Å². The highest BCUT2D eigenvalue weighted by atomic mass is 16.5. The summed E-state index contributed by atoms with van der Waals surface area (Å²) >= 11 is 0. The lowest BCUT2D eigenvalue weighted by molar-refractivity contribution is 0.0204. The molecule has 6 heteroatoms. The van der Waals surface area contributed by atoms with Crippen LogP contribution in [0.15, 0.2) is 6.07 Å². The van der Waals surface area contributed by atoms with Crippen LogP contribution in [-0.2, 0) is 4.74 Å². The number of carbonyl (C=O) groups is 1. The third-order valence-corrected chi connectivity index (χ3v) is 4.07. The van der Waals surface area contributed by atoms with E-state index in [4.69, 9.17) is 4.74 Å². The number of H-pyrrole nitrogens is 1. The Labute approximate surface area is 118 Å². The monoisotopic (exact) mass is 278 g/mol. The molecule has 0 spiro atoms. The second kappa shape index (κ2) is 5.93. The largest absolute Gasteiger partial charge is 0.379 e. The first kappa shape index (κ1) is 13.6. The molecule has 1 aliphatic carbocycles. The standard InChI is InChI=1S/C14H22N4O2/c1-10(18-4-6-20-7-5-18)9-15-14(19)13-8-12(16-17-13)11-2-3-11/h8,10-11H,2-7,9H2,1H3,(H,15,19)(H,16,17)/t10-/m1/s1. The number of hydrogen-bond donors (Lipinski definition) is 2. The van der Waals surface area contributed by atoms with Crippen LogP contribution in [0.1, 0.15) is 41.9 Å². The Kier molecular flexibility index (Phi) is 4.03. The Morgan fingerprint density at radius 1 is 1.55 bits per heavy atom. The van der Waals surface area contributed by atoms with Crippen molar-refractivity contribution in [2.24, 2.45) is 0 Å². The molecule has 2 fully saturated rings. The van der Waals surface area contributed by atoms with Crippen molar-refractivity contribution in [2.45, 2.75) is 31.7 Å². The number of aromatic nitrogens is 2. The van der Waals surface area contributed by atoms with Gasteiger partial charge in [-0.1, -0.05) is 0 Å². The van der Waals surface area contributed by atoms with Gasteiger partial charge in [-0.3, -0.25) is 14.8 Å². The molecule has 0 bridgehead atoms. The Hall–Kier alpha value is -1.40. The third-order valence-electron chi connectivity index (χ3n) is 4.07. The van der Waals surface area contributed by atoms with Crippen molar-refractivity contribution in [2.75, 3.05) is 32.8 Å². The summed E-state index contributed by atoms with van der Waals surface area (Å²) in [6.45, 7) is 6.21. The highest BCUT2D eigenvalue weighted by molar-refractivity contribution is 5.92. The predicted molar refractivity (Wildman–Crippen MR) is 74.7 cm³/mol. The molecule has 1 aromatic rings. The molecule has 1 saturated heterocycles. The van der Waals surface area contributed by atoms with E-state index in [1.54, 1.807) is 0 Å². The van der Waals surface area contributed by atoms with E-state index in [0.717, 1.165) is 32.0 Å². The lowest BCUT2D eigenvalue weighted by Gasteiger charge is -2.32. The van der Waals surface area contributed by atoms with E-state index in [1.807, 2.05) is 6.07 Å². The Bertz CT molecular complexity index is 463. The maximum atomic E-state index is 12.1. The lowest BCUT2D eigenvalue weighted by Crippen LogP contribution is -2.47. The zero-order valence-electron chi connectivity index (χ0n) is 11.9. The molecule has 6 nitrogen and oxygen atoms in total. The summed E-state index contributed by atoms with van der Waals surface area (Å²) in [5, 5.41) is 10.0. The second-order valence-electron chi connectivity index (χ2n) is 5.69. The first-order valence-corrected chi connectivity index (χ1v) is 7.39. The maximum absolute atomic E-state index is 12.1.